The van der Waals surface area contributed by atoms with Crippen LogP contribution >= 0.6 is 0 Å². The van der Waals surface area contributed by atoms with Gasteiger partial charge in [-0.25, -0.2) is 0 Å². The summed E-state index contributed by atoms with van der Waals surface area (Å²) >= 11 is 0. The van der Waals surface area contributed by atoms with Crippen molar-refractivity contribution in [1.29, 1.82) is 0 Å². The van der Waals surface area contributed by atoms with Crippen molar-refractivity contribution in [3.05, 3.63) is 23.8 Å². The quantitative estimate of drug-likeness (QED) is 0.791. The van der Waals surface area contributed by atoms with Gasteiger partial charge < -0.3 is 16.0 Å². The molecular formula is C14H21N3O. The highest BCUT2D eigenvalue weighted by molar-refractivity contribution is 5.82. The first-order chi connectivity index (χ1) is 8.56. The summed E-state index contributed by atoms with van der Waals surface area (Å²) in [7, 11) is 0. The van der Waals surface area contributed by atoms with Crippen molar-refractivity contribution in [2.24, 2.45) is 5.92 Å². The van der Waals surface area contributed by atoms with Crippen LogP contribution < -0.4 is 16.0 Å². The fourth-order valence-corrected chi connectivity index (χ4v) is 2.17. The summed E-state index contributed by atoms with van der Waals surface area (Å²) in [5, 5.41) is 2.94. The molecule has 0 bridgehead atoms. The molecule has 1 aromatic carbocycles. The molecule has 0 aliphatic carbocycles. The second-order valence-electron chi connectivity index (χ2n) is 5.26. The van der Waals surface area contributed by atoms with Gasteiger partial charge in [0.05, 0.1) is 6.54 Å². The van der Waals surface area contributed by atoms with E-state index >= 15 is 0 Å². The smallest absolute Gasteiger partial charge is 0.239 e. The zero-order chi connectivity index (χ0) is 13.1. The summed E-state index contributed by atoms with van der Waals surface area (Å²) < 4.78 is 0. The molecule has 1 heterocycles. The van der Waals surface area contributed by atoms with Crippen LogP contribution in [0.5, 0.6) is 0 Å². The molecule has 98 valence electrons. The number of hydrogen-bond donors (Lipinski definition) is 2. The minimum Gasteiger partial charge on any atom is -0.399 e. The van der Waals surface area contributed by atoms with E-state index in [-0.39, 0.29) is 5.91 Å². The molecule has 1 aliphatic heterocycles. The predicted octanol–water partition coefficient (Wildman–Crippen LogP) is 1.40. The maximum atomic E-state index is 11.8. The first kappa shape index (κ1) is 12.7. The molecule has 3 N–H and O–H groups in total. The fourth-order valence-electron chi connectivity index (χ4n) is 2.17. The Morgan fingerprint density at radius 2 is 2.28 bits per heavy atom. The van der Waals surface area contributed by atoms with Crippen LogP contribution in [0.4, 0.5) is 11.4 Å². The molecule has 0 unspecified atom stereocenters. The van der Waals surface area contributed by atoms with Crippen LogP contribution in [0.3, 0.4) is 0 Å². The lowest BCUT2D eigenvalue weighted by molar-refractivity contribution is -0.119. The second kappa shape index (κ2) is 5.29. The van der Waals surface area contributed by atoms with E-state index in [1.165, 1.54) is 5.56 Å². The lowest BCUT2D eigenvalue weighted by Crippen LogP contribution is -2.37. The summed E-state index contributed by atoms with van der Waals surface area (Å²) in [4.78, 5) is 13.9. The van der Waals surface area contributed by atoms with Crippen molar-refractivity contribution >= 4 is 17.3 Å². The molecule has 1 aromatic rings. The largest absolute Gasteiger partial charge is 0.399 e. The highest BCUT2D eigenvalue weighted by Crippen LogP contribution is 2.29. The number of rotatable bonds is 4. The van der Waals surface area contributed by atoms with Crippen LogP contribution in [0.2, 0.25) is 0 Å². The first-order valence-electron chi connectivity index (χ1n) is 6.46. The van der Waals surface area contributed by atoms with E-state index in [1.54, 1.807) is 0 Å². The molecule has 1 amide bonds. The third-order valence-corrected chi connectivity index (χ3v) is 3.14. The molecule has 0 radical (unpaired) electrons. The number of carbonyl (C=O) groups is 1. The molecule has 4 nitrogen and oxygen atoms in total. The summed E-state index contributed by atoms with van der Waals surface area (Å²) in [5.41, 5.74) is 8.93. The monoisotopic (exact) mass is 247 g/mol. The molecule has 2 rings (SSSR count). The summed E-state index contributed by atoms with van der Waals surface area (Å²) in [6.45, 7) is 6.23. The Morgan fingerprint density at radius 3 is 3.00 bits per heavy atom. The van der Waals surface area contributed by atoms with Crippen molar-refractivity contribution in [2.45, 2.75) is 20.3 Å². The molecule has 0 fully saturated rings. The number of benzene rings is 1. The van der Waals surface area contributed by atoms with E-state index in [0.29, 0.717) is 12.5 Å². The number of anilines is 2. The highest BCUT2D eigenvalue weighted by Gasteiger charge is 2.21. The highest BCUT2D eigenvalue weighted by atomic mass is 16.2. The van der Waals surface area contributed by atoms with Gasteiger partial charge in [0.2, 0.25) is 5.91 Å². The molecule has 18 heavy (non-hydrogen) atoms. The number of nitrogen functional groups attached to an aromatic ring is 1. The van der Waals surface area contributed by atoms with Gasteiger partial charge in [0, 0.05) is 24.5 Å². The number of amides is 1. The number of fused-ring (bicyclic) bond motifs is 1. The first-order valence-corrected chi connectivity index (χ1v) is 6.46. The van der Waals surface area contributed by atoms with Crippen molar-refractivity contribution < 1.29 is 4.79 Å². The van der Waals surface area contributed by atoms with Crippen molar-refractivity contribution in [2.75, 3.05) is 30.3 Å². The van der Waals surface area contributed by atoms with Gasteiger partial charge in [-0.3, -0.25) is 4.79 Å². The van der Waals surface area contributed by atoms with Crippen molar-refractivity contribution in [1.82, 2.24) is 5.32 Å². The molecule has 0 atom stereocenters. The molecule has 0 spiro atoms. The topological polar surface area (TPSA) is 58.4 Å². The third kappa shape index (κ3) is 2.94. The predicted molar refractivity (Wildman–Crippen MR) is 74.6 cm³/mol. The van der Waals surface area contributed by atoms with Gasteiger partial charge in [0.1, 0.15) is 0 Å². The zero-order valence-electron chi connectivity index (χ0n) is 11.1. The average molecular weight is 247 g/mol. The molecule has 1 aliphatic rings. The summed E-state index contributed by atoms with van der Waals surface area (Å²) in [6, 6.07) is 5.93. The molecule has 0 saturated carbocycles. The lowest BCUT2D eigenvalue weighted by Gasteiger charge is -2.19. The van der Waals surface area contributed by atoms with Crippen LogP contribution in [-0.2, 0) is 11.2 Å². The molecule has 0 aromatic heterocycles. The van der Waals surface area contributed by atoms with Crippen molar-refractivity contribution in [3.63, 3.8) is 0 Å². The lowest BCUT2D eigenvalue weighted by atomic mass is 10.1. The van der Waals surface area contributed by atoms with Crippen LogP contribution in [0.15, 0.2) is 18.2 Å². The second-order valence-corrected chi connectivity index (χ2v) is 5.26. The van der Waals surface area contributed by atoms with Crippen LogP contribution in [0.25, 0.3) is 0 Å². The van der Waals surface area contributed by atoms with Crippen LogP contribution in [0.1, 0.15) is 19.4 Å². The Labute approximate surface area is 108 Å². The number of nitrogens with one attached hydrogen (secondary N) is 1. The standard InChI is InChI=1S/C14H21N3O/c1-10(2)8-16-14(18)9-17-6-5-11-3-4-12(15)7-13(11)17/h3-4,7,10H,5-6,8-9,15H2,1-2H3,(H,16,18). The fraction of sp³-hybridized carbons (Fsp3) is 0.500. The minimum atomic E-state index is 0.0824. The number of carbonyl (C=O) groups excluding carboxylic acids is 1. The number of nitrogens with zero attached hydrogens (tertiary/aromatic N) is 1. The van der Waals surface area contributed by atoms with Gasteiger partial charge in [0.15, 0.2) is 0 Å². The Kier molecular flexibility index (Phi) is 3.75. The van der Waals surface area contributed by atoms with Gasteiger partial charge in [0.25, 0.3) is 0 Å². The minimum absolute atomic E-state index is 0.0824. The number of hydrogen-bond acceptors (Lipinski definition) is 3. The molecule has 0 saturated heterocycles. The number of nitrogens with two attached hydrogens (primary N) is 1. The Morgan fingerprint density at radius 1 is 1.50 bits per heavy atom. The zero-order valence-corrected chi connectivity index (χ0v) is 11.1. The van der Waals surface area contributed by atoms with E-state index in [4.69, 9.17) is 5.73 Å². The average Bonchev–Trinajstić information content (AvgIpc) is 2.69. The van der Waals surface area contributed by atoms with E-state index in [9.17, 15) is 4.79 Å². The SMILES string of the molecule is CC(C)CNC(=O)CN1CCc2ccc(N)cc21. The summed E-state index contributed by atoms with van der Waals surface area (Å²) in [5.74, 6) is 0.564. The van der Waals surface area contributed by atoms with E-state index in [0.717, 1.165) is 30.9 Å². The molecular weight excluding hydrogens is 226 g/mol. The van der Waals surface area contributed by atoms with Crippen molar-refractivity contribution in [3.8, 4) is 0 Å². The third-order valence-electron chi connectivity index (χ3n) is 3.14. The van der Waals surface area contributed by atoms with E-state index < -0.39 is 0 Å². The van der Waals surface area contributed by atoms with Gasteiger partial charge in [-0.15, -0.1) is 0 Å². The Hall–Kier alpha value is -1.71. The van der Waals surface area contributed by atoms with Gasteiger partial charge in [-0.05, 0) is 30.0 Å². The van der Waals surface area contributed by atoms with Crippen LogP contribution in [0, 0.1) is 5.92 Å². The Balaban J connectivity index is 1.97. The van der Waals surface area contributed by atoms with Gasteiger partial charge in [-0.2, -0.15) is 0 Å². The molecule has 4 heteroatoms. The maximum Gasteiger partial charge on any atom is 0.239 e. The summed E-state index contributed by atoms with van der Waals surface area (Å²) in [6.07, 6.45) is 0.993. The van der Waals surface area contributed by atoms with Crippen LogP contribution in [-0.4, -0.2) is 25.5 Å². The Bertz CT molecular complexity index is 443. The van der Waals surface area contributed by atoms with E-state index in [1.807, 2.05) is 12.1 Å². The van der Waals surface area contributed by atoms with E-state index in [2.05, 4.69) is 30.1 Å². The van der Waals surface area contributed by atoms with Gasteiger partial charge in [-0.1, -0.05) is 19.9 Å². The van der Waals surface area contributed by atoms with Gasteiger partial charge >= 0.3 is 0 Å². The maximum absolute atomic E-state index is 11.8. The normalized spacial score (nSPS) is 13.8.